The molecule has 6 heteroatoms. The van der Waals surface area contributed by atoms with E-state index in [2.05, 4.69) is 40.8 Å². The maximum absolute atomic E-state index is 5.55. The summed E-state index contributed by atoms with van der Waals surface area (Å²) in [7, 11) is 6.61. The average molecular weight is 471 g/mol. The molecular weight excluding hydrogens is 440 g/mol. The Morgan fingerprint density at radius 3 is 1.86 bits per heavy atom. The van der Waals surface area contributed by atoms with E-state index in [4.69, 9.17) is 18.9 Å². The molecule has 1 unspecified atom stereocenters. The predicted octanol–water partition coefficient (Wildman–Crippen LogP) is 5.72. The number of hydrazine groups is 1. The fourth-order valence-electron chi connectivity index (χ4n) is 3.86. The van der Waals surface area contributed by atoms with Crippen molar-refractivity contribution in [3.8, 4) is 23.0 Å². The average Bonchev–Trinajstić information content (AvgIpc) is 3.34. The van der Waals surface area contributed by atoms with Gasteiger partial charge in [-0.15, -0.1) is 0 Å². The first-order valence-electron chi connectivity index (χ1n) is 11.3. The third-order valence-corrected chi connectivity index (χ3v) is 5.73. The van der Waals surface area contributed by atoms with Gasteiger partial charge in [0, 0.05) is 23.3 Å². The second kappa shape index (κ2) is 11.2. The maximum Gasteiger partial charge on any atom is 0.129 e. The summed E-state index contributed by atoms with van der Waals surface area (Å²) in [6.07, 6.45) is 10.4. The molecule has 180 valence electrons. The van der Waals surface area contributed by atoms with E-state index in [0.717, 1.165) is 45.5 Å². The number of methoxy groups -OCH3 is 4. The normalized spacial score (nSPS) is 15.3. The molecule has 0 aromatic heterocycles. The van der Waals surface area contributed by atoms with Gasteiger partial charge in [-0.1, -0.05) is 30.4 Å². The highest BCUT2D eigenvalue weighted by molar-refractivity contribution is 5.65. The Morgan fingerprint density at radius 1 is 0.686 bits per heavy atom. The van der Waals surface area contributed by atoms with Crippen LogP contribution < -0.4 is 29.4 Å². The minimum atomic E-state index is -0.0124. The molecule has 0 bridgehead atoms. The number of benzene rings is 3. The van der Waals surface area contributed by atoms with Gasteiger partial charge in [0.15, 0.2) is 0 Å². The van der Waals surface area contributed by atoms with Crippen LogP contribution >= 0.6 is 0 Å². The standard InChI is InChI=1S/C29H30N2O4/c1-32-26-16-12-21(28(19-26)34-3)10-14-23-18-25(31(30-23)24-8-6-5-7-9-24)15-11-22-13-17-27(33-2)20-29(22)35-4/h5-20,25,30H,1-4H3. The maximum atomic E-state index is 5.55. The molecule has 0 saturated carbocycles. The fraction of sp³-hybridized carbons (Fsp3) is 0.172. The number of allylic oxidation sites excluding steroid dienone is 1. The fourth-order valence-corrected chi connectivity index (χ4v) is 3.86. The van der Waals surface area contributed by atoms with Crippen LogP contribution in [-0.2, 0) is 0 Å². The van der Waals surface area contributed by atoms with Gasteiger partial charge in [0.1, 0.15) is 23.0 Å². The molecule has 1 aliphatic heterocycles. The number of rotatable bonds is 9. The van der Waals surface area contributed by atoms with Gasteiger partial charge in [-0.2, -0.15) is 0 Å². The van der Waals surface area contributed by atoms with Crippen molar-refractivity contribution in [2.45, 2.75) is 6.04 Å². The van der Waals surface area contributed by atoms with Crippen LogP contribution in [0.2, 0.25) is 0 Å². The van der Waals surface area contributed by atoms with Crippen LogP contribution in [0.5, 0.6) is 23.0 Å². The zero-order valence-electron chi connectivity index (χ0n) is 20.4. The van der Waals surface area contributed by atoms with E-state index in [1.165, 1.54) is 0 Å². The van der Waals surface area contributed by atoms with Gasteiger partial charge in [-0.25, -0.2) is 0 Å². The molecule has 0 spiro atoms. The highest BCUT2D eigenvalue weighted by atomic mass is 16.5. The number of hydrogen-bond donors (Lipinski definition) is 1. The van der Waals surface area contributed by atoms with E-state index >= 15 is 0 Å². The van der Waals surface area contributed by atoms with Gasteiger partial charge in [-0.3, -0.25) is 10.4 Å². The third-order valence-electron chi connectivity index (χ3n) is 5.73. The molecule has 3 aromatic rings. The van der Waals surface area contributed by atoms with Gasteiger partial charge < -0.3 is 18.9 Å². The van der Waals surface area contributed by atoms with Crippen LogP contribution in [0.4, 0.5) is 5.69 Å². The van der Waals surface area contributed by atoms with E-state index in [1.54, 1.807) is 28.4 Å². The zero-order valence-corrected chi connectivity index (χ0v) is 20.4. The van der Waals surface area contributed by atoms with Gasteiger partial charge in [0.05, 0.1) is 45.9 Å². The predicted molar refractivity (Wildman–Crippen MR) is 141 cm³/mol. The van der Waals surface area contributed by atoms with Crippen LogP contribution in [-0.4, -0.2) is 34.5 Å². The molecule has 6 nitrogen and oxygen atoms in total. The number of ether oxygens (including phenoxy) is 4. The molecule has 35 heavy (non-hydrogen) atoms. The van der Waals surface area contributed by atoms with Gasteiger partial charge in [0.25, 0.3) is 0 Å². The van der Waals surface area contributed by atoms with Crippen molar-refractivity contribution in [3.63, 3.8) is 0 Å². The Labute approximate surface area is 206 Å². The lowest BCUT2D eigenvalue weighted by Gasteiger charge is -2.25. The summed E-state index contributed by atoms with van der Waals surface area (Å²) in [5.41, 5.74) is 7.48. The molecule has 1 aliphatic rings. The zero-order chi connectivity index (χ0) is 24.6. The lowest BCUT2D eigenvalue weighted by molar-refractivity contribution is 0.393. The van der Waals surface area contributed by atoms with Crippen LogP contribution in [0.25, 0.3) is 12.2 Å². The van der Waals surface area contributed by atoms with E-state index in [9.17, 15) is 0 Å². The SMILES string of the molecule is COc1ccc(C=CC2=CC(C=Cc3ccc(OC)cc3OC)N(c3ccccc3)N2)c(OC)c1. The van der Waals surface area contributed by atoms with Crippen LogP contribution in [0, 0.1) is 0 Å². The Bertz CT molecular complexity index is 1230. The molecule has 0 aliphatic carbocycles. The number of nitrogens with one attached hydrogen (secondary N) is 1. The smallest absolute Gasteiger partial charge is 0.129 e. The monoisotopic (exact) mass is 470 g/mol. The number of hydrogen-bond acceptors (Lipinski definition) is 6. The topological polar surface area (TPSA) is 52.2 Å². The molecule has 1 N–H and O–H groups in total. The van der Waals surface area contributed by atoms with Gasteiger partial charge in [-0.05, 0) is 54.6 Å². The van der Waals surface area contributed by atoms with E-state index < -0.39 is 0 Å². The van der Waals surface area contributed by atoms with Crippen molar-refractivity contribution < 1.29 is 18.9 Å². The van der Waals surface area contributed by atoms with Crippen molar-refractivity contribution in [2.24, 2.45) is 0 Å². The first kappa shape index (κ1) is 23.8. The molecule has 0 radical (unpaired) electrons. The lowest BCUT2D eigenvalue weighted by Crippen LogP contribution is -2.37. The second-order valence-electron chi connectivity index (χ2n) is 7.84. The summed E-state index contributed by atoms with van der Waals surface area (Å²) < 4.78 is 21.7. The van der Waals surface area contributed by atoms with E-state index in [-0.39, 0.29) is 6.04 Å². The van der Waals surface area contributed by atoms with Crippen molar-refractivity contribution >= 4 is 17.8 Å². The largest absolute Gasteiger partial charge is 0.497 e. The number of para-hydroxylation sites is 1. The van der Waals surface area contributed by atoms with E-state index in [0.29, 0.717) is 0 Å². The van der Waals surface area contributed by atoms with Crippen molar-refractivity contribution in [1.29, 1.82) is 0 Å². The lowest BCUT2D eigenvalue weighted by atomic mass is 10.1. The molecule has 1 atom stereocenters. The summed E-state index contributed by atoms with van der Waals surface area (Å²) in [5.74, 6) is 3.02. The summed E-state index contributed by atoms with van der Waals surface area (Å²) >= 11 is 0. The van der Waals surface area contributed by atoms with Crippen molar-refractivity contribution in [2.75, 3.05) is 33.4 Å². The van der Waals surface area contributed by atoms with Crippen LogP contribution in [0.3, 0.4) is 0 Å². The number of anilines is 1. The van der Waals surface area contributed by atoms with Crippen LogP contribution in [0.15, 0.2) is 90.7 Å². The Hall–Kier alpha value is -4.32. The third kappa shape index (κ3) is 5.61. The Kier molecular flexibility index (Phi) is 7.63. The summed E-state index contributed by atoms with van der Waals surface area (Å²) in [4.78, 5) is 0. The molecule has 0 saturated heterocycles. The summed E-state index contributed by atoms with van der Waals surface area (Å²) in [6.45, 7) is 0. The molecule has 0 fully saturated rings. The van der Waals surface area contributed by atoms with Gasteiger partial charge in [0.2, 0.25) is 0 Å². The summed E-state index contributed by atoms with van der Waals surface area (Å²) in [6, 6.07) is 21.8. The second-order valence-corrected chi connectivity index (χ2v) is 7.84. The minimum Gasteiger partial charge on any atom is -0.497 e. The Balaban J connectivity index is 1.62. The quantitative estimate of drug-likeness (QED) is 0.431. The van der Waals surface area contributed by atoms with Crippen molar-refractivity contribution in [1.82, 2.24) is 5.43 Å². The minimum absolute atomic E-state index is 0.0124. The summed E-state index contributed by atoms with van der Waals surface area (Å²) in [5, 5.41) is 2.12. The Morgan fingerprint density at radius 2 is 1.29 bits per heavy atom. The van der Waals surface area contributed by atoms with E-state index in [1.807, 2.05) is 66.7 Å². The highest BCUT2D eigenvalue weighted by Crippen LogP contribution is 2.29. The molecule has 4 rings (SSSR count). The molecule has 3 aromatic carbocycles. The van der Waals surface area contributed by atoms with Crippen molar-refractivity contribution in [3.05, 3.63) is 102 Å². The highest BCUT2D eigenvalue weighted by Gasteiger charge is 2.22. The number of nitrogens with zero attached hydrogens (tertiary/aromatic N) is 1. The van der Waals surface area contributed by atoms with Gasteiger partial charge >= 0.3 is 0 Å². The molecule has 0 amide bonds. The first-order chi connectivity index (χ1) is 17.1. The molecular formula is C29H30N2O4. The molecule has 1 heterocycles. The first-order valence-corrected chi connectivity index (χ1v) is 11.3. The van der Waals surface area contributed by atoms with Crippen LogP contribution in [0.1, 0.15) is 11.1 Å².